The molecule has 0 saturated heterocycles. The standard InChI is InChI=1S/C25H23N3O6/c29-21(24(31)32)12-13-26-23(30)20-10-5-11-22(27-20)28-25(33)34-14-19-17-8-3-1-6-15(17)16-7-2-4-9-18(16)19/h1-11,19,21,29H,12-14H2,(H,26,30)(H,31,32)(H,27,28,33)/t21-/m0/s1. The topological polar surface area (TPSA) is 138 Å². The van der Waals surface area contributed by atoms with Crippen molar-refractivity contribution in [3.8, 4) is 11.1 Å². The highest BCUT2D eigenvalue weighted by molar-refractivity contribution is 5.93. The fourth-order valence-corrected chi connectivity index (χ4v) is 3.91. The Balaban J connectivity index is 1.34. The molecule has 174 valence electrons. The lowest BCUT2D eigenvalue weighted by Crippen LogP contribution is -2.30. The summed E-state index contributed by atoms with van der Waals surface area (Å²) in [4.78, 5) is 39.4. The molecule has 0 fully saturated rings. The zero-order valence-corrected chi connectivity index (χ0v) is 18.1. The summed E-state index contributed by atoms with van der Waals surface area (Å²) >= 11 is 0. The Morgan fingerprint density at radius 1 is 0.941 bits per heavy atom. The van der Waals surface area contributed by atoms with Crippen LogP contribution in [-0.2, 0) is 9.53 Å². The highest BCUT2D eigenvalue weighted by atomic mass is 16.5. The third kappa shape index (κ3) is 5.05. The molecule has 0 radical (unpaired) electrons. The van der Waals surface area contributed by atoms with E-state index < -0.39 is 24.1 Å². The SMILES string of the molecule is O=C(Nc1cccc(C(=O)NCC[C@H](O)C(=O)O)n1)OCC1c2ccccc2-c2ccccc21. The minimum absolute atomic E-state index is 0.0289. The van der Waals surface area contributed by atoms with E-state index in [-0.39, 0.29) is 37.0 Å². The molecule has 1 atom stereocenters. The monoisotopic (exact) mass is 461 g/mol. The minimum Gasteiger partial charge on any atom is -0.479 e. The summed E-state index contributed by atoms with van der Waals surface area (Å²) in [7, 11) is 0. The normalized spacial score (nSPS) is 12.9. The fraction of sp³-hybridized carbons (Fsp3) is 0.200. The number of rotatable bonds is 8. The van der Waals surface area contributed by atoms with Crippen LogP contribution in [0.15, 0.2) is 66.7 Å². The number of aliphatic hydroxyl groups is 1. The average Bonchev–Trinajstić information content (AvgIpc) is 3.16. The number of nitrogens with one attached hydrogen (secondary N) is 2. The van der Waals surface area contributed by atoms with E-state index in [2.05, 4.69) is 27.8 Å². The molecular weight excluding hydrogens is 438 g/mol. The second kappa shape index (κ2) is 10.1. The van der Waals surface area contributed by atoms with Crippen LogP contribution in [0.5, 0.6) is 0 Å². The maximum absolute atomic E-state index is 12.4. The van der Waals surface area contributed by atoms with Crippen LogP contribution in [-0.4, -0.2) is 52.4 Å². The van der Waals surface area contributed by atoms with Crippen LogP contribution < -0.4 is 10.6 Å². The highest BCUT2D eigenvalue weighted by Crippen LogP contribution is 2.44. The zero-order chi connectivity index (χ0) is 24.1. The first-order valence-corrected chi connectivity index (χ1v) is 10.7. The van der Waals surface area contributed by atoms with Crippen molar-refractivity contribution in [3.05, 3.63) is 83.6 Å². The maximum Gasteiger partial charge on any atom is 0.412 e. The van der Waals surface area contributed by atoms with Crippen LogP contribution in [0.1, 0.15) is 34.0 Å². The van der Waals surface area contributed by atoms with Crippen LogP contribution in [0.2, 0.25) is 0 Å². The van der Waals surface area contributed by atoms with Gasteiger partial charge in [-0.3, -0.25) is 10.1 Å². The lowest BCUT2D eigenvalue weighted by Gasteiger charge is -2.14. The second-order valence-corrected chi connectivity index (χ2v) is 7.76. The molecule has 0 spiro atoms. The molecule has 1 aliphatic carbocycles. The molecule has 4 N–H and O–H groups in total. The van der Waals surface area contributed by atoms with Gasteiger partial charge in [0.05, 0.1) is 0 Å². The number of pyridine rings is 1. The second-order valence-electron chi connectivity index (χ2n) is 7.76. The van der Waals surface area contributed by atoms with Crippen molar-refractivity contribution >= 4 is 23.8 Å². The van der Waals surface area contributed by atoms with Gasteiger partial charge in [-0.05, 0) is 34.4 Å². The maximum atomic E-state index is 12.4. The van der Waals surface area contributed by atoms with Crippen LogP contribution in [0.25, 0.3) is 11.1 Å². The summed E-state index contributed by atoms with van der Waals surface area (Å²) in [5.74, 6) is -1.87. The molecule has 9 nitrogen and oxygen atoms in total. The lowest BCUT2D eigenvalue weighted by molar-refractivity contribution is -0.146. The van der Waals surface area contributed by atoms with Crippen molar-refractivity contribution in [1.82, 2.24) is 10.3 Å². The largest absolute Gasteiger partial charge is 0.479 e. The summed E-state index contributed by atoms with van der Waals surface area (Å²) < 4.78 is 5.48. The van der Waals surface area contributed by atoms with E-state index in [1.807, 2.05) is 36.4 Å². The van der Waals surface area contributed by atoms with Gasteiger partial charge in [0.1, 0.15) is 18.1 Å². The number of hydrogen-bond acceptors (Lipinski definition) is 6. The summed E-state index contributed by atoms with van der Waals surface area (Å²) in [6.45, 7) is 0.101. The van der Waals surface area contributed by atoms with Gasteiger partial charge in [-0.25, -0.2) is 14.6 Å². The number of fused-ring (bicyclic) bond motifs is 3. The molecule has 1 aliphatic rings. The number of hydrogen-bond donors (Lipinski definition) is 4. The first kappa shape index (κ1) is 22.9. The average molecular weight is 461 g/mol. The van der Waals surface area contributed by atoms with Crippen LogP contribution in [0.4, 0.5) is 10.6 Å². The summed E-state index contributed by atoms with van der Waals surface area (Å²) in [6.07, 6.45) is -2.40. The predicted molar refractivity (Wildman–Crippen MR) is 124 cm³/mol. The number of ether oxygens (including phenoxy) is 1. The van der Waals surface area contributed by atoms with E-state index in [0.29, 0.717) is 0 Å². The van der Waals surface area contributed by atoms with Gasteiger partial charge in [-0.1, -0.05) is 54.6 Å². The summed E-state index contributed by atoms with van der Waals surface area (Å²) in [6, 6.07) is 20.6. The molecule has 0 bridgehead atoms. The Morgan fingerprint density at radius 3 is 2.24 bits per heavy atom. The third-order valence-corrected chi connectivity index (χ3v) is 5.54. The molecule has 2 amide bonds. The number of carbonyl (C=O) groups is 3. The molecule has 1 aromatic heterocycles. The Kier molecular flexibility index (Phi) is 6.84. The van der Waals surface area contributed by atoms with Gasteiger partial charge in [-0.2, -0.15) is 0 Å². The Hall–Kier alpha value is -4.24. The molecule has 3 aromatic rings. The number of nitrogens with zero attached hydrogens (tertiary/aromatic N) is 1. The molecule has 0 unspecified atom stereocenters. The van der Waals surface area contributed by atoms with Gasteiger partial charge >= 0.3 is 12.1 Å². The van der Waals surface area contributed by atoms with E-state index in [1.165, 1.54) is 12.1 Å². The number of carboxylic acid groups (broad SMARTS) is 1. The van der Waals surface area contributed by atoms with E-state index in [4.69, 9.17) is 9.84 Å². The summed E-state index contributed by atoms with van der Waals surface area (Å²) in [5, 5.41) is 22.9. The molecule has 4 rings (SSSR count). The van der Waals surface area contributed by atoms with E-state index in [9.17, 15) is 19.5 Å². The Bertz CT molecular complexity index is 1180. The number of aliphatic hydroxyl groups excluding tert-OH is 1. The minimum atomic E-state index is -1.56. The van der Waals surface area contributed by atoms with Crippen LogP contribution >= 0.6 is 0 Å². The van der Waals surface area contributed by atoms with Gasteiger partial charge < -0.3 is 20.3 Å². The van der Waals surface area contributed by atoms with Gasteiger partial charge in [0.25, 0.3) is 5.91 Å². The number of benzene rings is 2. The Labute approximate surface area is 195 Å². The molecular formula is C25H23N3O6. The van der Waals surface area contributed by atoms with Crippen molar-refractivity contribution in [2.45, 2.75) is 18.4 Å². The number of anilines is 1. The molecule has 2 aromatic carbocycles. The number of carboxylic acids is 1. The van der Waals surface area contributed by atoms with Crippen LogP contribution in [0.3, 0.4) is 0 Å². The zero-order valence-electron chi connectivity index (χ0n) is 18.1. The van der Waals surface area contributed by atoms with Gasteiger partial charge in [0.15, 0.2) is 6.10 Å². The van der Waals surface area contributed by atoms with Crippen molar-refractivity contribution in [2.75, 3.05) is 18.5 Å². The molecule has 9 heteroatoms. The first-order chi connectivity index (χ1) is 16.4. The van der Waals surface area contributed by atoms with Gasteiger partial charge in [0.2, 0.25) is 0 Å². The van der Waals surface area contributed by atoms with Gasteiger partial charge in [-0.15, -0.1) is 0 Å². The third-order valence-electron chi connectivity index (χ3n) is 5.54. The highest BCUT2D eigenvalue weighted by Gasteiger charge is 2.29. The number of aromatic nitrogens is 1. The Morgan fingerprint density at radius 2 is 1.59 bits per heavy atom. The van der Waals surface area contributed by atoms with E-state index in [0.717, 1.165) is 22.3 Å². The lowest BCUT2D eigenvalue weighted by atomic mass is 9.98. The van der Waals surface area contributed by atoms with Crippen molar-refractivity contribution < 1.29 is 29.3 Å². The molecule has 0 saturated carbocycles. The number of carbonyl (C=O) groups excluding carboxylic acids is 2. The van der Waals surface area contributed by atoms with Crippen molar-refractivity contribution in [3.63, 3.8) is 0 Å². The van der Waals surface area contributed by atoms with E-state index >= 15 is 0 Å². The predicted octanol–water partition coefficient (Wildman–Crippen LogP) is 3.01. The van der Waals surface area contributed by atoms with Crippen LogP contribution in [0, 0.1) is 0 Å². The fourth-order valence-electron chi connectivity index (χ4n) is 3.91. The quantitative estimate of drug-likeness (QED) is 0.405. The molecule has 1 heterocycles. The van der Waals surface area contributed by atoms with Gasteiger partial charge in [0, 0.05) is 18.9 Å². The van der Waals surface area contributed by atoms with E-state index in [1.54, 1.807) is 6.07 Å². The molecule has 34 heavy (non-hydrogen) atoms. The number of aliphatic carboxylic acids is 1. The smallest absolute Gasteiger partial charge is 0.412 e. The van der Waals surface area contributed by atoms with Crippen molar-refractivity contribution in [1.29, 1.82) is 0 Å². The first-order valence-electron chi connectivity index (χ1n) is 10.7. The summed E-state index contributed by atoms with van der Waals surface area (Å²) in [5.41, 5.74) is 4.48. The van der Waals surface area contributed by atoms with Crippen molar-refractivity contribution in [2.24, 2.45) is 0 Å². The molecule has 0 aliphatic heterocycles. The number of amides is 2.